The van der Waals surface area contributed by atoms with Gasteiger partial charge in [-0.3, -0.25) is 4.79 Å². The Bertz CT molecular complexity index is 104. The molecule has 0 saturated carbocycles. The third kappa shape index (κ3) is 3.77. The van der Waals surface area contributed by atoms with Gasteiger partial charge in [0.2, 0.25) is 0 Å². The number of carbonyl (C=O) groups is 1. The zero-order valence-electron chi connectivity index (χ0n) is 6.72. The zero-order chi connectivity index (χ0) is 7.98. The van der Waals surface area contributed by atoms with Crippen molar-refractivity contribution in [3.63, 3.8) is 0 Å². The van der Waals surface area contributed by atoms with Crippen LogP contribution in [-0.4, -0.2) is 24.6 Å². The molecule has 0 heterocycles. The molecule has 0 radical (unpaired) electrons. The van der Waals surface area contributed by atoms with Crippen LogP contribution >= 0.6 is 11.8 Å². The Hall–Kier alpha value is -0.180. The number of hydrogen-bond acceptors (Lipinski definition) is 3. The highest BCUT2D eigenvalue weighted by Crippen LogP contribution is 2.08. The molecule has 0 unspecified atom stereocenters. The van der Waals surface area contributed by atoms with E-state index in [2.05, 4.69) is 11.7 Å². The summed E-state index contributed by atoms with van der Waals surface area (Å²) in [4.78, 5) is 10.8. The van der Waals surface area contributed by atoms with Crippen molar-refractivity contribution in [3.05, 3.63) is 0 Å². The molecule has 60 valence electrons. The summed E-state index contributed by atoms with van der Waals surface area (Å²) in [6, 6.07) is 0. The van der Waals surface area contributed by atoms with E-state index in [0.29, 0.717) is 0 Å². The van der Waals surface area contributed by atoms with Gasteiger partial charge in [0, 0.05) is 5.75 Å². The molecule has 0 bridgehead atoms. The highest BCUT2D eigenvalue weighted by Gasteiger charge is 2.11. The van der Waals surface area contributed by atoms with Crippen LogP contribution in [-0.2, 0) is 9.53 Å². The summed E-state index contributed by atoms with van der Waals surface area (Å²) in [6.07, 6.45) is 0. The van der Waals surface area contributed by atoms with Crippen molar-refractivity contribution in [2.45, 2.75) is 13.8 Å². The summed E-state index contributed by atoms with van der Waals surface area (Å²) in [5.74, 6) is 1.85. The van der Waals surface area contributed by atoms with Crippen LogP contribution in [0.15, 0.2) is 0 Å². The highest BCUT2D eigenvalue weighted by atomic mass is 32.2. The Morgan fingerprint density at radius 2 is 2.30 bits per heavy atom. The maximum absolute atomic E-state index is 10.8. The van der Waals surface area contributed by atoms with Gasteiger partial charge in [0.05, 0.1) is 13.0 Å². The summed E-state index contributed by atoms with van der Waals surface area (Å²) in [6.45, 7) is 3.96. The summed E-state index contributed by atoms with van der Waals surface area (Å²) < 4.78 is 4.56. The Morgan fingerprint density at radius 1 is 1.70 bits per heavy atom. The topological polar surface area (TPSA) is 26.3 Å². The van der Waals surface area contributed by atoms with Gasteiger partial charge in [0.25, 0.3) is 0 Å². The zero-order valence-corrected chi connectivity index (χ0v) is 7.53. The molecule has 3 heteroatoms. The van der Waals surface area contributed by atoms with E-state index in [0.717, 1.165) is 11.5 Å². The van der Waals surface area contributed by atoms with Gasteiger partial charge in [-0.05, 0) is 5.75 Å². The van der Waals surface area contributed by atoms with Crippen molar-refractivity contribution in [1.29, 1.82) is 0 Å². The number of thioether (sulfide) groups is 1. The Balaban J connectivity index is 3.41. The van der Waals surface area contributed by atoms with Gasteiger partial charge in [-0.25, -0.2) is 0 Å². The molecule has 0 aliphatic rings. The molecule has 0 aromatic heterocycles. The monoisotopic (exact) mass is 162 g/mol. The van der Waals surface area contributed by atoms with Crippen molar-refractivity contribution in [2.75, 3.05) is 18.6 Å². The summed E-state index contributed by atoms with van der Waals surface area (Å²) >= 11 is 1.76. The lowest BCUT2D eigenvalue weighted by Crippen LogP contribution is -2.14. The van der Waals surface area contributed by atoms with Gasteiger partial charge in [-0.2, -0.15) is 11.8 Å². The number of methoxy groups -OCH3 is 1. The first-order chi connectivity index (χ1) is 4.72. The van der Waals surface area contributed by atoms with Gasteiger partial charge in [-0.1, -0.05) is 13.8 Å². The van der Waals surface area contributed by atoms with Crippen LogP contribution in [0.5, 0.6) is 0 Å². The van der Waals surface area contributed by atoms with Crippen LogP contribution in [0.1, 0.15) is 13.8 Å². The van der Waals surface area contributed by atoms with Crippen molar-refractivity contribution >= 4 is 17.7 Å². The van der Waals surface area contributed by atoms with Crippen LogP contribution in [0.3, 0.4) is 0 Å². The summed E-state index contributed by atoms with van der Waals surface area (Å²) in [7, 11) is 1.43. The molecule has 0 aromatic rings. The molecule has 0 aromatic carbocycles. The standard InChI is InChI=1S/C7H14O2S/c1-4-10-5-6(2)7(8)9-3/h6H,4-5H2,1-3H3/t6-/m1/s1. The van der Waals surface area contributed by atoms with Crippen molar-refractivity contribution < 1.29 is 9.53 Å². The second kappa shape index (κ2) is 5.59. The fourth-order valence-electron chi connectivity index (χ4n) is 0.564. The van der Waals surface area contributed by atoms with Crippen LogP contribution in [0, 0.1) is 5.92 Å². The minimum absolute atomic E-state index is 0.0370. The van der Waals surface area contributed by atoms with Gasteiger partial charge in [0.15, 0.2) is 0 Å². The molecular weight excluding hydrogens is 148 g/mol. The van der Waals surface area contributed by atoms with Gasteiger partial charge < -0.3 is 4.74 Å². The van der Waals surface area contributed by atoms with Crippen LogP contribution in [0.4, 0.5) is 0 Å². The molecule has 1 atom stereocenters. The predicted octanol–water partition coefficient (Wildman–Crippen LogP) is 1.55. The first-order valence-electron chi connectivity index (χ1n) is 3.38. The van der Waals surface area contributed by atoms with Crippen LogP contribution < -0.4 is 0 Å². The van der Waals surface area contributed by atoms with E-state index in [1.165, 1.54) is 7.11 Å². The van der Waals surface area contributed by atoms with Crippen LogP contribution in [0.25, 0.3) is 0 Å². The number of esters is 1. The molecule has 0 aliphatic carbocycles. The quantitative estimate of drug-likeness (QED) is 0.587. The summed E-state index contributed by atoms with van der Waals surface area (Å²) in [5.41, 5.74) is 0. The van der Waals surface area contributed by atoms with E-state index >= 15 is 0 Å². The molecule has 0 saturated heterocycles. The van der Waals surface area contributed by atoms with Crippen LogP contribution in [0.2, 0.25) is 0 Å². The second-order valence-corrected chi connectivity index (χ2v) is 3.40. The van der Waals surface area contributed by atoms with E-state index in [9.17, 15) is 4.79 Å². The van der Waals surface area contributed by atoms with Gasteiger partial charge >= 0.3 is 5.97 Å². The van der Waals surface area contributed by atoms with E-state index < -0.39 is 0 Å². The van der Waals surface area contributed by atoms with E-state index in [4.69, 9.17) is 0 Å². The van der Waals surface area contributed by atoms with Crippen molar-refractivity contribution in [3.8, 4) is 0 Å². The maximum Gasteiger partial charge on any atom is 0.309 e. The lowest BCUT2D eigenvalue weighted by Gasteiger charge is -2.06. The molecule has 0 rings (SSSR count). The molecule has 0 aliphatic heterocycles. The first-order valence-corrected chi connectivity index (χ1v) is 4.53. The van der Waals surface area contributed by atoms with Gasteiger partial charge in [0.1, 0.15) is 0 Å². The minimum Gasteiger partial charge on any atom is -0.469 e. The minimum atomic E-state index is -0.110. The van der Waals surface area contributed by atoms with E-state index in [1.807, 2.05) is 6.92 Å². The average molecular weight is 162 g/mol. The van der Waals surface area contributed by atoms with E-state index in [1.54, 1.807) is 11.8 Å². The van der Waals surface area contributed by atoms with E-state index in [-0.39, 0.29) is 11.9 Å². The Kier molecular flexibility index (Phi) is 5.49. The number of carbonyl (C=O) groups excluding carboxylic acids is 1. The molecule has 0 spiro atoms. The fourth-order valence-corrected chi connectivity index (χ4v) is 1.29. The maximum atomic E-state index is 10.8. The van der Waals surface area contributed by atoms with Crippen molar-refractivity contribution in [1.82, 2.24) is 0 Å². The molecule has 10 heavy (non-hydrogen) atoms. The average Bonchev–Trinajstić information content (AvgIpc) is 1.98. The lowest BCUT2D eigenvalue weighted by atomic mass is 10.2. The molecule has 0 amide bonds. The third-order valence-corrected chi connectivity index (χ3v) is 2.32. The SMILES string of the molecule is CCSC[C@@H](C)C(=O)OC. The highest BCUT2D eigenvalue weighted by molar-refractivity contribution is 7.99. The smallest absolute Gasteiger partial charge is 0.309 e. The molecular formula is C7H14O2S. The Morgan fingerprint density at radius 3 is 2.70 bits per heavy atom. The summed E-state index contributed by atoms with van der Waals surface area (Å²) in [5, 5.41) is 0. The molecule has 0 fully saturated rings. The number of ether oxygens (including phenoxy) is 1. The number of hydrogen-bond donors (Lipinski definition) is 0. The predicted molar refractivity (Wildman–Crippen MR) is 44.2 cm³/mol. The molecule has 0 N–H and O–H groups in total. The lowest BCUT2D eigenvalue weighted by molar-refractivity contribution is -0.143. The second-order valence-electron chi connectivity index (χ2n) is 2.08. The van der Waals surface area contributed by atoms with Gasteiger partial charge in [-0.15, -0.1) is 0 Å². The Labute approximate surface area is 66.3 Å². The first kappa shape index (κ1) is 9.82. The molecule has 2 nitrogen and oxygen atoms in total. The third-order valence-electron chi connectivity index (χ3n) is 1.18. The largest absolute Gasteiger partial charge is 0.469 e. The normalized spacial score (nSPS) is 12.7. The number of rotatable bonds is 4. The van der Waals surface area contributed by atoms with Crippen molar-refractivity contribution in [2.24, 2.45) is 5.92 Å². The fraction of sp³-hybridized carbons (Fsp3) is 0.857.